The Labute approximate surface area is 178 Å². The second kappa shape index (κ2) is 9.94. The molecule has 2 aromatic heterocycles. The predicted molar refractivity (Wildman–Crippen MR) is 115 cm³/mol. The zero-order chi connectivity index (χ0) is 21.6. The van der Waals surface area contributed by atoms with Gasteiger partial charge in [0.1, 0.15) is 11.6 Å². The molecule has 0 amide bonds. The van der Waals surface area contributed by atoms with Crippen molar-refractivity contribution in [3.05, 3.63) is 36.2 Å². The molecule has 0 spiro atoms. The Balaban J connectivity index is 0.000000407. The first-order valence-corrected chi connectivity index (χ1v) is 10.3. The van der Waals surface area contributed by atoms with Gasteiger partial charge in [-0.25, -0.2) is 19.6 Å². The number of para-hydroxylation sites is 2. The smallest absolute Gasteiger partial charge is 0.296 e. The number of hydrogen-bond acceptors (Lipinski definition) is 8. The number of ether oxygens (including phenoxy) is 1. The van der Waals surface area contributed by atoms with Crippen LogP contribution in [-0.4, -0.2) is 58.9 Å². The average molecular weight is 432 g/mol. The number of hydrazine groups is 1. The highest BCUT2D eigenvalue weighted by Crippen LogP contribution is 2.29. The van der Waals surface area contributed by atoms with Crippen LogP contribution in [0.3, 0.4) is 0 Å². The summed E-state index contributed by atoms with van der Waals surface area (Å²) in [6.45, 7) is 4.93. The highest BCUT2D eigenvalue weighted by atomic mass is 19.3. The van der Waals surface area contributed by atoms with Crippen molar-refractivity contribution in [2.24, 2.45) is 5.84 Å². The Morgan fingerprint density at radius 3 is 2.39 bits per heavy atom. The summed E-state index contributed by atoms with van der Waals surface area (Å²) in [5.41, 5.74) is 3.41. The Morgan fingerprint density at radius 1 is 1.03 bits per heavy atom. The van der Waals surface area contributed by atoms with Crippen LogP contribution in [-0.2, 0) is 4.74 Å². The number of hydrogen-bond donors (Lipinski definition) is 3. The van der Waals surface area contributed by atoms with Crippen LogP contribution in [0.4, 0.5) is 20.5 Å². The van der Waals surface area contributed by atoms with Gasteiger partial charge in [0, 0.05) is 19.2 Å². The third kappa shape index (κ3) is 4.89. The molecular formula is C20H26F2N8O. The van der Waals surface area contributed by atoms with Gasteiger partial charge in [0.2, 0.25) is 5.95 Å². The van der Waals surface area contributed by atoms with Gasteiger partial charge >= 0.3 is 0 Å². The summed E-state index contributed by atoms with van der Waals surface area (Å²) >= 11 is 0. The van der Waals surface area contributed by atoms with Crippen LogP contribution >= 0.6 is 0 Å². The molecule has 0 atom stereocenters. The SMILES string of the molecule is C1CCNC1.NNc1nc(N2CCOCC2)cc(-n2c(C(F)F)nc3ccccc32)n1. The van der Waals surface area contributed by atoms with Crippen molar-refractivity contribution >= 4 is 22.8 Å². The molecule has 2 fully saturated rings. The summed E-state index contributed by atoms with van der Waals surface area (Å²) in [7, 11) is 0. The molecule has 166 valence electrons. The Bertz CT molecular complexity index is 994. The van der Waals surface area contributed by atoms with E-state index >= 15 is 0 Å². The Kier molecular flexibility index (Phi) is 6.85. The number of anilines is 2. The minimum absolute atomic E-state index is 0.141. The second-order valence-electron chi connectivity index (χ2n) is 7.20. The summed E-state index contributed by atoms with van der Waals surface area (Å²) < 4.78 is 33.9. The lowest BCUT2D eigenvalue weighted by atomic mass is 10.3. The van der Waals surface area contributed by atoms with E-state index in [1.165, 1.54) is 30.5 Å². The van der Waals surface area contributed by atoms with Gasteiger partial charge in [-0.2, -0.15) is 9.97 Å². The van der Waals surface area contributed by atoms with Crippen LogP contribution in [0.5, 0.6) is 0 Å². The van der Waals surface area contributed by atoms with Crippen LogP contribution in [0.15, 0.2) is 30.3 Å². The molecule has 2 aliphatic heterocycles. The molecule has 2 aliphatic rings. The summed E-state index contributed by atoms with van der Waals surface area (Å²) in [4.78, 5) is 14.7. The number of nitrogens with two attached hydrogens (primary N) is 1. The minimum Gasteiger partial charge on any atom is -0.378 e. The molecule has 9 nitrogen and oxygen atoms in total. The molecule has 0 saturated carbocycles. The third-order valence-electron chi connectivity index (χ3n) is 5.13. The van der Waals surface area contributed by atoms with Gasteiger partial charge in [0.05, 0.1) is 24.2 Å². The lowest BCUT2D eigenvalue weighted by molar-refractivity contribution is 0.122. The molecule has 11 heteroatoms. The molecule has 4 N–H and O–H groups in total. The maximum absolute atomic E-state index is 13.6. The lowest BCUT2D eigenvalue weighted by Crippen LogP contribution is -2.37. The van der Waals surface area contributed by atoms with Crippen LogP contribution in [0, 0.1) is 0 Å². The molecule has 0 aliphatic carbocycles. The first-order chi connectivity index (χ1) is 15.2. The van der Waals surface area contributed by atoms with E-state index in [4.69, 9.17) is 10.6 Å². The van der Waals surface area contributed by atoms with Gasteiger partial charge in [0.15, 0.2) is 5.82 Å². The summed E-state index contributed by atoms with van der Waals surface area (Å²) in [6.07, 6.45) is 0.0264. The van der Waals surface area contributed by atoms with Gasteiger partial charge in [-0.15, -0.1) is 0 Å². The Morgan fingerprint density at radius 2 is 1.74 bits per heavy atom. The van der Waals surface area contributed by atoms with E-state index in [0.717, 1.165) is 0 Å². The fraction of sp³-hybridized carbons (Fsp3) is 0.450. The minimum atomic E-state index is -2.75. The Hall–Kier alpha value is -2.89. The molecular weight excluding hydrogens is 406 g/mol. The molecule has 1 aromatic carbocycles. The number of imidazole rings is 1. The summed E-state index contributed by atoms with van der Waals surface area (Å²) in [5, 5.41) is 3.22. The molecule has 4 heterocycles. The van der Waals surface area contributed by atoms with Gasteiger partial charge in [-0.05, 0) is 38.1 Å². The first kappa shape index (κ1) is 21.3. The number of nitrogen functional groups attached to an aromatic ring is 1. The fourth-order valence-electron chi connectivity index (χ4n) is 3.61. The zero-order valence-electron chi connectivity index (χ0n) is 17.1. The monoisotopic (exact) mass is 432 g/mol. The number of benzene rings is 1. The standard InChI is InChI=1S/C16H17F2N7O.C4H9N/c17-14(18)15-20-10-3-1-2-4-11(10)25(15)13-9-12(21-16(22-13)23-19)24-5-7-26-8-6-24;1-2-4-5-3-1/h1-4,9,14H,5-8,19H2,(H,21,22,23);5H,1-4H2. The first-order valence-electron chi connectivity index (χ1n) is 10.3. The molecule has 0 unspecified atom stereocenters. The van der Waals surface area contributed by atoms with Crippen LogP contribution in [0.25, 0.3) is 16.9 Å². The highest BCUT2D eigenvalue weighted by molar-refractivity contribution is 5.78. The normalized spacial score (nSPS) is 16.5. The van der Waals surface area contributed by atoms with E-state index in [1.807, 2.05) is 4.90 Å². The topological polar surface area (TPSA) is 106 Å². The number of nitrogens with one attached hydrogen (secondary N) is 2. The molecule has 3 aromatic rings. The number of morpholine rings is 1. The van der Waals surface area contributed by atoms with E-state index < -0.39 is 6.43 Å². The lowest BCUT2D eigenvalue weighted by Gasteiger charge is -2.28. The quantitative estimate of drug-likeness (QED) is 0.426. The van der Waals surface area contributed by atoms with E-state index in [2.05, 4.69) is 25.7 Å². The number of fused-ring (bicyclic) bond motifs is 1. The maximum atomic E-state index is 13.6. The molecule has 2 saturated heterocycles. The number of alkyl halides is 2. The summed E-state index contributed by atoms with van der Waals surface area (Å²) in [6, 6.07) is 8.58. The summed E-state index contributed by atoms with van der Waals surface area (Å²) in [5.74, 6) is 6.12. The second-order valence-corrected chi connectivity index (χ2v) is 7.20. The van der Waals surface area contributed by atoms with Gasteiger partial charge in [0.25, 0.3) is 6.43 Å². The fourth-order valence-corrected chi connectivity index (χ4v) is 3.61. The van der Waals surface area contributed by atoms with Crippen LogP contribution in [0.1, 0.15) is 25.1 Å². The zero-order valence-corrected chi connectivity index (χ0v) is 17.1. The predicted octanol–water partition coefficient (Wildman–Crippen LogP) is 2.25. The van der Waals surface area contributed by atoms with Crippen molar-refractivity contribution in [1.29, 1.82) is 0 Å². The van der Waals surface area contributed by atoms with Crippen molar-refractivity contribution in [2.75, 3.05) is 49.7 Å². The van der Waals surface area contributed by atoms with Crippen molar-refractivity contribution < 1.29 is 13.5 Å². The third-order valence-corrected chi connectivity index (χ3v) is 5.13. The molecule has 0 bridgehead atoms. The van der Waals surface area contributed by atoms with Gasteiger partial charge in [-0.1, -0.05) is 12.1 Å². The average Bonchev–Trinajstić information content (AvgIpc) is 3.51. The van der Waals surface area contributed by atoms with Crippen molar-refractivity contribution in [3.63, 3.8) is 0 Å². The van der Waals surface area contributed by atoms with Gasteiger partial charge in [-0.3, -0.25) is 9.99 Å². The highest BCUT2D eigenvalue weighted by Gasteiger charge is 2.23. The van der Waals surface area contributed by atoms with Crippen molar-refractivity contribution in [1.82, 2.24) is 24.8 Å². The van der Waals surface area contributed by atoms with E-state index in [0.29, 0.717) is 43.2 Å². The largest absolute Gasteiger partial charge is 0.378 e. The van der Waals surface area contributed by atoms with E-state index in [1.54, 1.807) is 30.3 Å². The molecule has 5 rings (SSSR count). The number of aromatic nitrogens is 4. The van der Waals surface area contributed by atoms with Crippen molar-refractivity contribution in [3.8, 4) is 5.82 Å². The number of nitrogens with zero attached hydrogens (tertiary/aromatic N) is 5. The number of rotatable bonds is 4. The van der Waals surface area contributed by atoms with E-state index in [-0.39, 0.29) is 17.6 Å². The van der Waals surface area contributed by atoms with Crippen molar-refractivity contribution in [2.45, 2.75) is 19.3 Å². The number of halogens is 2. The van der Waals surface area contributed by atoms with Gasteiger partial charge < -0.3 is 15.0 Å². The van der Waals surface area contributed by atoms with E-state index in [9.17, 15) is 8.78 Å². The molecule has 31 heavy (non-hydrogen) atoms. The van der Waals surface area contributed by atoms with Crippen LogP contribution < -0.4 is 21.5 Å². The molecule has 0 radical (unpaired) electrons. The van der Waals surface area contributed by atoms with Crippen LogP contribution in [0.2, 0.25) is 0 Å². The maximum Gasteiger partial charge on any atom is 0.296 e.